The first-order valence-corrected chi connectivity index (χ1v) is 8.43. The number of carbonyl (C=O) groups is 1. The number of amides is 1. The second-order valence-corrected chi connectivity index (χ2v) is 6.11. The number of aryl methyl sites for hydroxylation is 1. The van der Waals surface area contributed by atoms with E-state index in [-0.39, 0.29) is 17.6 Å². The molecule has 0 saturated carbocycles. The van der Waals surface area contributed by atoms with Crippen LogP contribution in [0.2, 0.25) is 0 Å². The molecule has 2 aromatic rings. The molecule has 1 unspecified atom stereocenters. The maximum absolute atomic E-state index is 12.8. The topological polar surface area (TPSA) is 60.8 Å². The minimum absolute atomic E-state index is 0.165. The number of benzene rings is 1. The minimum Gasteiger partial charge on any atom is -0.486 e. The third kappa shape index (κ3) is 3.84. The van der Waals surface area contributed by atoms with Gasteiger partial charge in [-0.2, -0.15) is 0 Å². The number of rotatable bonds is 5. The van der Waals surface area contributed by atoms with Crippen LogP contribution in [0.5, 0.6) is 11.5 Å². The Hall–Kier alpha value is -2.76. The Labute approximate surface area is 146 Å². The van der Waals surface area contributed by atoms with Gasteiger partial charge in [-0.3, -0.25) is 9.59 Å². The molecule has 2 heterocycles. The van der Waals surface area contributed by atoms with E-state index in [4.69, 9.17) is 9.47 Å². The molecule has 3 rings (SSSR count). The van der Waals surface area contributed by atoms with Gasteiger partial charge < -0.3 is 18.9 Å². The molecule has 0 radical (unpaired) electrons. The zero-order valence-electron chi connectivity index (χ0n) is 14.5. The summed E-state index contributed by atoms with van der Waals surface area (Å²) in [5, 5.41) is 0. The van der Waals surface area contributed by atoms with E-state index in [0.29, 0.717) is 31.0 Å². The van der Waals surface area contributed by atoms with Gasteiger partial charge in [0.1, 0.15) is 6.61 Å². The van der Waals surface area contributed by atoms with Crippen LogP contribution in [0.4, 0.5) is 0 Å². The zero-order valence-corrected chi connectivity index (χ0v) is 14.5. The monoisotopic (exact) mass is 342 g/mol. The summed E-state index contributed by atoms with van der Waals surface area (Å²) in [6.45, 7) is 3.41. The van der Waals surface area contributed by atoms with Crippen molar-refractivity contribution in [1.82, 2.24) is 9.47 Å². The van der Waals surface area contributed by atoms with Crippen LogP contribution < -0.4 is 15.0 Å². The molecule has 0 saturated heterocycles. The van der Waals surface area contributed by atoms with Gasteiger partial charge in [-0.25, -0.2) is 0 Å². The van der Waals surface area contributed by atoms with Crippen molar-refractivity contribution in [3.8, 4) is 11.5 Å². The summed E-state index contributed by atoms with van der Waals surface area (Å²) in [7, 11) is 1.66. The number of ether oxygens (including phenoxy) is 2. The summed E-state index contributed by atoms with van der Waals surface area (Å²) in [5.41, 5.74) is 0.196. The lowest BCUT2D eigenvalue weighted by Crippen LogP contribution is -2.44. The van der Waals surface area contributed by atoms with E-state index in [9.17, 15) is 9.59 Å². The third-order valence-electron chi connectivity index (χ3n) is 4.12. The highest BCUT2D eigenvalue weighted by atomic mass is 16.6. The fraction of sp³-hybridized carbons (Fsp3) is 0.368. The molecule has 132 valence electrons. The van der Waals surface area contributed by atoms with Gasteiger partial charge >= 0.3 is 0 Å². The van der Waals surface area contributed by atoms with E-state index in [0.717, 1.165) is 12.2 Å². The molecular weight excluding hydrogens is 320 g/mol. The van der Waals surface area contributed by atoms with Crippen LogP contribution >= 0.6 is 0 Å². The van der Waals surface area contributed by atoms with Gasteiger partial charge in [0.2, 0.25) is 0 Å². The molecule has 1 aromatic heterocycles. The van der Waals surface area contributed by atoms with E-state index in [1.54, 1.807) is 24.2 Å². The molecule has 0 N–H and O–H groups in total. The highest BCUT2D eigenvalue weighted by molar-refractivity contribution is 5.94. The van der Waals surface area contributed by atoms with E-state index >= 15 is 0 Å². The zero-order chi connectivity index (χ0) is 17.8. The molecule has 1 aromatic carbocycles. The maximum atomic E-state index is 12.8. The Balaban J connectivity index is 1.74. The normalized spacial score (nSPS) is 15.7. The molecule has 0 spiro atoms. The molecule has 0 aliphatic carbocycles. The lowest BCUT2D eigenvalue weighted by Gasteiger charge is -2.31. The lowest BCUT2D eigenvalue weighted by atomic mass is 10.2. The van der Waals surface area contributed by atoms with Crippen molar-refractivity contribution in [2.75, 3.05) is 19.7 Å². The number of fused-ring (bicyclic) bond motifs is 1. The van der Waals surface area contributed by atoms with Gasteiger partial charge in [0.15, 0.2) is 17.6 Å². The molecule has 0 bridgehead atoms. The van der Waals surface area contributed by atoms with Crippen LogP contribution in [-0.2, 0) is 7.05 Å². The fourth-order valence-corrected chi connectivity index (χ4v) is 2.81. The third-order valence-corrected chi connectivity index (χ3v) is 4.12. The number of nitrogens with zero attached hydrogens (tertiary/aromatic N) is 2. The summed E-state index contributed by atoms with van der Waals surface area (Å²) in [6.07, 6.45) is 2.19. The lowest BCUT2D eigenvalue weighted by molar-refractivity contribution is 0.0462. The van der Waals surface area contributed by atoms with E-state index in [2.05, 4.69) is 0 Å². The van der Waals surface area contributed by atoms with Gasteiger partial charge in [-0.1, -0.05) is 19.1 Å². The maximum Gasteiger partial charge on any atom is 0.254 e. The van der Waals surface area contributed by atoms with Gasteiger partial charge in [0.25, 0.3) is 11.5 Å². The second-order valence-electron chi connectivity index (χ2n) is 6.11. The van der Waals surface area contributed by atoms with Gasteiger partial charge in [0, 0.05) is 31.4 Å². The first-order valence-electron chi connectivity index (χ1n) is 8.43. The van der Waals surface area contributed by atoms with Crippen molar-refractivity contribution in [3.05, 3.63) is 58.5 Å². The number of para-hydroxylation sites is 2. The van der Waals surface area contributed by atoms with Crippen LogP contribution in [-0.4, -0.2) is 41.2 Å². The van der Waals surface area contributed by atoms with Crippen LogP contribution in [0.3, 0.4) is 0 Å². The van der Waals surface area contributed by atoms with Crippen molar-refractivity contribution in [2.24, 2.45) is 7.05 Å². The number of pyridine rings is 1. The standard InChI is InChI=1S/C19H22N2O4/c1-3-9-21(19(23)14-8-10-20(2)18(22)11-14)12-15-13-24-16-6-4-5-7-17(16)25-15/h4-8,10-11,15H,3,9,12-13H2,1-2H3. The van der Waals surface area contributed by atoms with Crippen molar-refractivity contribution >= 4 is 5.91 Å². The van der Waals surface area contributed by atoms with E-state index in [1.165, 1.54) is 10.6 Å². The summed E-state index contributed by atoms with van der Waals surface area (Å²) >= 11 is 0. The molecule has 6 heteroatoms. The average molecular weight is 342 g/mol. The SMILES string of the molecule is CCCN(CC1COc2ccccc2O1)C(=O)c1ccn(C)c(=O)c1. The molecule has 1 aliphatic rings. The Bertz CT molecular complexity index is 815. The summed E-state index contributed by atoms with van der Waals surface area (Å²) < 4.78 is 13.1. The van der Waals surface area contributed by atoms with Crippen LogP contribution in [0.15, 0.2) is 47.4 Å². The predicted molar refractivity (Wildman–Crippen MR) is 94.2 cm³/mol. The van der Waals surface area contributed by atoms with Crippen molar-refractivity contribution in [2.45, 2.75) is 19.4 Å². The Kier molecular flexibility index (Phi) is 5.07. The predicted octanol–water partition coefficient (Wildman–Crippen LogP) is 2.08. The van der Waals surface area contributed by atoms with Crippen molar-refractivity contribution in [1.29, 1.82) is 0 Å². The highest BCUT2D eigenvalue weighted by Gasteiger charge is 2.25. The number of hydrogen-bond acceptors (Lipinski definition) is 4. The van der Waals surface area contributed by atoms with Crippen LogP contribution in [0, 0.1) is 0 Å². The van der Waals surface area contributed by atoms with E-state index < -0.39 is 0 Å². The quantitative estimate of drug-likeness (QED) is 0.835. The van der Waals surface area contributed by atoms with E-state index in [1.807, 2.05) is 31.2 Å². The molecule has 1 amide bonds. The number of hydrogen-bond donors (Lipinski definition) is 0. The van der Waals surface area contributed by atoms with Crippen molar-refractivity contribution < 1.29 is 14.3 Å². The molecule has 0 fully saturated rings. The first kappa shape index (κ1) is 17.1. The number of carbonyl (C=O) groups excluding carboxylic acids is 1. The number of aromatic nitrogens is 1. The smallest absolute Gasteiger partial charge is 0.254 e. The van der Waals surface area contributed by atoms with Crippen molar-refractivity contribution in [3.63, 3.8) is 0 Å². The molecule has 1 aliphatic heterocycles. The Morgan fingerprint density at radius 1 is 1.28 bits per heavy atom. The van der Waals surface area contributed by atoms with Crippen LogP contribution in [0.1, 0.15) is 23.7 Å². The van der Waals surface area contributed by atoms with Crippen LogP contribution in [0.25, 0.3) is 0 Å². The first-order chi connectivity index (χ1) is 12.1. The van der Waals surface area contributed by atoms with Gasteiger partial charge in [0.05, 0.1) is 6.54 Å². The Morgan fingerprint density at radius 3 is 2.76 bits per heavy atom. The molecule has 6 nitrogen and oxygen atoms in total. The highest BCUT2D eigenvalue weighted by Crippen LogP contribution is 2.31. The average Bonchev–Trinajstić information content (AvgIpc) is 2.63. The molecule has 25 heavy (non-hydrogen) atoms. The summed E-state index contributed by atoms with van der Waals surface area (Å²) in [4.78, 5) is 26.3. The summed E-state index contributed by atoms with van der Waals surface area (Å²) in [5.74, 6) is 1.25. The summed E-state index contributed by atoms with van der Waals surface area (Å²) in [6, 6.07) is 10.5. The molecule has 1 atom stereocenters. The Morgan fingerprint density at radius 2 is 2.04 bits per heavy atom. The van der Waals surface area contributed by atoms with Gasteiger partial charge in [-0.15, -0.1) is 0 Å². The fourth-order valence-electron chi connectivity index (χ4n) is 2.81. The minimum atomic E-state index is -0.239. The second kappa shape index (κ2) is 7.42. The largest absolute Gasteiger partial charge is 0.486 e. The molecular formula is C19H22N2O4. The van der Waals surface area contributed by atoms with Gasteiger partial charge in [-0.05, 0) is 24.6 Å².